The molecule has 0 spiro atoms. The Morgan fingerprint density at radius 2 is 2.08 bits per heavy atom. The number of hydrogen-bond donors (Lipinski definition) is 1. The molecule has 13 heavy (non-hydrogen) atoms. The van der Waals surface area contributed by atoms with E-state index in [4.69, 9.17) is 0 Å². The van der Waals surface area contributed by atoms with Gasteiger partial charge in [-0.2, -0.15) is 5.10 Å². The van der Waals surface area contributed by atoms with Gasteiger partial charge in [0.15, 0.2) is 0 Å². The molecule has 0 saturated heterocycles. The maximum Gasteiger partial charge on any atom is 0.0795 e. The Morgan fingerprint density at radius 1 is 1.31 bits per heavy atom. The normalized spacial score (nSPS) is 10.3. The highest BCUT2D eigenvalue weighted by Gasteiger charge is 2.06. The number of aryl methyl sites for hydroxylation is 1. The lowest BCUT2D eigenvalue weighted by Crippen LogP contribution is -1.83. The lowest BCUT2D eigenvalue weighted by Gasteiger charge is -2.02. The monoisotopic (exact) mass is 236 g/mol. The Balaban J connectivity index is 2.59. The van der Waals surface area contributed by atoms with Crippen molar-refractivity contribution in [2.45, 2.75) is 6.92 Å². The number of nitrogens with one attached hydrogen (secondary N) is 1. The summed E-state index contributed by atoms with van der Waals surface area (Å²) >= 11 is 3.44. The predicted molar refractivity (Wildman–Crippen MR) is 56.5 cm³/mol. The van der Waals surface area contributed by atoms with Crippen LogP contribution in [0.25, 0.3) is 11.3 Å². The van der Waals surface area contributed by atoms with Crippen LogP contribution in [0.4, 0.5) is 0 Å². The molecule has 2 rings (SSSR count). The Labute approximate surface area is 85.1 Å². The molecule has 0 radical (unpaired) electrons. The van der Waals surface area contributed by atoms with E-state index in [0.717, 1.165) is 10.2 Å². The summed E-state index contributed by atoms with van der Waals surface area (Å²) in [4.78, 5) is 0. The molecule has 0 saturated carbocycles. The summed E-state index contributed by atoms with van der Waals surface area (Å²) in [6.07, 6.45) is 1.77. The van der Waals surface area contributed by atoms with Crippen molar-refractivity contribution in [3.63, 3.8) is 0 Å². The highest BCUT2D eigenvalue weighted by Crippen LogP contribution is 2.27. The zero-order valence-electron chi connectivity index (χ0n) is 7.21. The molecule has 1 aromatic heterocycles. The van der Waals surface area contributed by atoms with Gasteiger partial charge in [0.2, 0.25) is 0 Å². The molecule has 0 atom stereocenters. The molecule has 0 unspecified atom stereocenters. The quantitative estimate of drug-likeness (QED) is 0.810. The van der Waals surface area contributed by atoms with E-state index in [0.29, 0.717) is 0 Å². The van der Waals surface area contributed by atoms with E-state index in [-0.39, 0.29) is 0 Å². The molecule has 0 bridgehead atoms. The summed E-state index contributed by atoms with van der Waals surface area (Å²) in [5.74, 6) is 0. The molecule has 3 heteroatoms. The van der Waals surface area contributed by atoms with Gasteiger partial charge in [-0.1, -0.05) is 24.3 Å². The molecule has 0 aliphatic rings. The van der Waals surface area contributed by atoms with Gasteiger partial charge in [-0.3, -0.25) is 5.10 Å². The molecular weight excluding hydrogens is 228 g/mol. The summed E-state index contributed by atoms with van der Waals surface area (Å²) in [5.41, 5.74) is 3.47. The van der Waals surface area contributed by atoms with Crippen LogP contribution in [0.15, 0.2) is 34.9 Å². The van der Waals surface area contributed by atoms with Crippen molar-refractivity contribution in [3.8, 4) is 11.3 Å². The minimum Gasteiger partial charge on any atom is -0.277 e. The number of aromatic amines is 1. The summed E-state index contributed by atoms with van der Waals surface area (Å²) in [6, 6.07) is 8.22. The number of rotatable bonds is 1. The van der Waals surface area contributed by atoms with Gasteiger partial charge in [0.05, 0.1) is 16.4 Å². The third kappa shape index (κ3) is 1.52. The van der Waals surface area contributed by atoms with Crippen molar-refractivity contribution in [3.05, 3.63) is 40.5 Å². The SMILES string of the molecule is Cc1ccccc1-c1[nH]ncc1Br. The van der Waals surface area contributed by atoms with Crippen molar-refractivity contribution < 1.29 is 0 Å². The second kappa shape index (κ2) is 3.34. The molecular formula is C10H9BrN2. The molecule has 1 N–H and O–H groups in total. The molecule has 2 nitrogen and oxygen atoms in total. The molecule has 0 amide bonds. The van der Waals surface area contributed by atoms with Gasteiger partial charge in [0.1, 0.15) is 0 Å². The van der Waals surface area contributed by atoms with Gasteiger partial charge in [-0.25, -0.2) is 0 Å². The van der Waals surface area contributed by atoms with Crippen LogP contribution in [0, 0.1) is 6.92 Å². The van der Waals surface area contributed by atoms with Gasteiger partial charge < -0.3 is 0 Å². The van der Waals surface area contributed by atoms with E-state index in [1.165, 1.54) is 11.1 Å². The number of halogens is 1. The molecule has 0 fully saturated rings. The van der Waals surface area contributed by atoms with Crippen LogP contribution in [-0.4, -0.2) is 10.2 Å². The van der Waals surface area contributed by atoms with E-state index in [2.05, 4.69) is 45.2 Å². The Bertz CT molecular complexity index is 420. The van der Waals surface area contributed by atoms with Gasteiger partial charge >= 0.3 is 0 Å². The third-order valence-corrected chi connectivity index (χ3v) is 2.61. The first kappa shape index (κ1) is 8.51. The number of nitrogens with zero attached hydrogens (tertiary/aromatic N) is 1. The van der Waals surface area contributed by atoms with Gasteiger partial charge in [-0.15, -0.1) is 0 Å². The van der Waals surface area contributed by atoms with Crippen molar-refractivity contribution in [2.24, 2.45) is 0 Å². The summed E-state index contributed by atoms with van der Waals surface area (Å²) in [7, 11) is 0. The average molecular weight is 237 g/mol. The first-order valence-electron chi connectivity index (χ1n) is 4.04. The highest BCUT2D eigenvalue weighted by atomic mass is 79.9. The summed E-state index contributed by atoms with van der Waals surface area (Å²) < 4.78 is 1.00. The maximum absolute atomic E-state index is 3.97. The second-order valence-corrected chi connectivity index (χ2v) is 3.76. The zero-order chi connectivity index (χ0) is 9.26. The third-order valence-electron chi connectivity index (χ3n) is 2.01. The van der Waals surface area contributed by atoms with Crippen LogP contribution in [-0.2, 0) is 0 Å². The molecule has 1 heterocycles. The minimum atomic E-state index is 1.00. The van der Waals surface area contributed by atoms with Crippen LogP contribution >= 0.6 is 15.9 Å². The van der Waals surface area contributed by atoms with E-state index in [9.17, 15) is 0 Å². The lowest BCUT2D eigenvalue weighted by molar-refractivity contribution is 1.09. The van der Waals surface area contributed by atoms with E-state index >= 15 is 0 Å². The minimum absolute atomic E-state index is 1.00. The standard InChI is InChI=1S/C10H9BrN2/c1-7-4-2-3-5-8(7)10-9(11)6-12-13-10/h2-6H,1H3,(H,12,13). The molecule has 2 aromatic rings. The summed E-state index contributed by atoms with van der Waals surface area (Å²) in [5, 5.41) is 6.93. The van der Waals surface area contributed by atoms with Crippen molar-refractivity contribution in [1.29, 1.82) is 0 Å². The van der Waals surface area contributed by atoms with Crippen molar-refractivity contribution >= 4 is 15.9 Å². The van der Waals surface area contributed by atoms with Gasteiger partial charge in [-0.05, 0) is 28.4 Å². The van der Waals surface area contributed by atoms with Crippen molar-refractivity contribution in [1.82, 2.24) is 10.2 Å². The van der Waals surface area contributed by atoms with Crippen LogP contribution in [0.3, 0.4) is 0 Å². The first-order chi connectivity index (χ1) is 6.29. The molecule has 66 valence electrons. The number of H-pyrrole nitrogens is 1. The molecule has 1 aromatic carbocycles. The van der Waals surface area contributed by atoms with E-state index in [1.807, 2.05) is 12.1 Å². The second-order valence-electron chi connectivity index (χ2n) is 2.91. The Kier molecular flexibility index (Phi) is 2.19. The smallest absolute Gasteiger partial charge is 0.0795 e. The molecule has 0 aliphatic carbocycles. The maximum atomic E-state index is 3.97. The number of hydrogen-bond acceptors (Lipinski definition) is 1. The Morgan fingerprint density at radius 3 is 2.69 bits per heavy atom. The van der Waals surface area contributed by atoms with E-state index < -0.39 is 0 Å². The van der Waals surface area contributed by atoms with Crippen LogP contribution in [0.1, 0.15) is 5.56 Å². The van der Waals surface area contributed by atoms with Crippen LogP contribution < -0.4 is 0 Å². The topological polar surface area (TPSA) is 28.7 Å². The fourth-order valence-corrected chi connectivity index (χ4v) is 1.72. The number of benzene rings is 1. The first-order valence-corrected chi connectivity index (χ1v) is 4.83. The highest BCUT2D eigenvalue weighted by molar-refractivity contribution is 9.10. The lowest BCUT2D eigenvalue weighted by atomic mass is 10.1. The van der Waals surface area contributed by atoms with Crippen molar-refractivity contribution in [2.75, 3.05) is 0 Å². The fraction of sp³-hybridized carbons (Fsp3) is 0.100. The van der Waals surface area contributed by atoms with E-state index in [1.54, 1.807) is 6.20 Å². The van der Waals surface area contributed by atoms with Gasteiger partial charge in [0, 0.05) is 5.56 Å². The number of aromatic nitrogens is 2. The average Bonchev–Trinajstić information content (AvgIpc) is 2.52. The predicted octanol–water partition coefficient (Wildman–Crippen LogP) is 3.15. The van der Waals surface area contributed by atoms with Crippen LogP contribution in [0.2, 0.25) is 0 Å². The van der Waals surface area contributed by atoms with Crippen LogP contribution in [0.5, 0.6) is 0 Å². The van der Waals surface area contributed by atoms with Gasteiger partial charge in [0.25, 0.3) is 0 Å². The Hall–Kier alpha value is -1.09. The molecule has 0 aliphatic heterocycles. The fourth-order valence-electron chi connectivity index (χ4n) is 1.31. The largest absolute Gasteiger partial charge is 0.277 e. The zero-order valence-corrected chi connectivity index (χ0v) is 8.80. The summed E-state index contributed by atoms with van der Waals surface area (Å²) in [6.45, 7) is 2.09.